The fraction of sp³-hybridized carbons (Fsp3) is 0.375. The number of nitrogens with two attached hydrogens (primary N) is 1. The first-order valence-electron chi connectivity index (χ1n) is 11.0. The largest absolute Gasteiger partial charge is 0.355 e. The second-order valence-electron chi connectivity index (χ2n) is 8.53. The van der Waals surface area contributed by atoms with Crippen molar-refractivity contribution in [1.29, 1.82) is 0 Å². The highest BCUT2D eigenvalue weighted by atomic mass is 35.5. The summed E-state index contributed by atoms with van der Waals surface area (Å²) in [6, 6.07) is 2.11. The molecule has 1 aliphatic heterocycles. The number of piperidine rings is 1. The van der Waals surface area contributed by atoms with Crippen molar-refractivity contribution in [2.45, 2.75) is 30.3 Å². The Bertz CT molecular complexity index is 1210. The summed E-state index contributed by atoms with van der Waals surface area (Å²) in [5, 5.41) is 2.36. The van der Waals surface area contributed by atoms with Crippen LogP contribution < -0.4 is 10.6 Å². The van der Waals surface area contributed by atoms with Crippen LogP contribution in [0.4, 0.5) is 5.82 Å². The number of allylic oxidation sites excluding steroid dienone is 2. The Morgan fingerprint density at radius 2 is 2.12 bits per heavy atom. The zero-order valence-corrected chi connectivity index (χ0v) is 19.9. The molecule has 0 spiro atoms. The second-order valence-corrected chi connectivity index (χ2v) is 9.95. The second kappa shape index (κ2) is 8.54. The predicted molar refractivity (Wildman–Crippen MR) is 132 cm³/mol. The Morgan fingerprint density at radius 1 is 1.34 bits per heavy atom. The molecule has 5 rings (SSSR count). The fourth-order valence-corrected chi connectivity index (χ4v) is 5.99. The predicted octanol–water partition coefficient (Wildman–Crippen LogP) is 4.87. The molecular weight excluding hydrogens is 440 g/mol. The minimum Gasteiger partial charge on any atom is -0.355 e. The molecular formula is C24H27ClN6S. The number of hydrogen-bond donors (Lipinski definition) is 2. The average molecular weight is 467 g/mol. The number of aromatic nitrogens is 4. The van der Waals surface area contributed by atoms with Gasteiger partial charge in [0.05, 0.1) is 16.1 Å². The van der Waals surface area contributed by atoms with Gasteiger partial charge in [-0.2, -0.15) is 0 Å². The zero-order valence-electron chi connectivity index (χ0n) is 18.3. The van der Waals surface area contributed by atoms with Gasteiger partial charge in [0, 0.05) is 29.9 Å². The molecule has 4 heterocycles. The number of anilines is 1. The Labute approximate surface area is 197 Å². The molecule has 3 atom stereocenters. The molecule has 3 aromatic heterocycles. The molecule has 3 N–H and O–H groups in total. The van der Waals surface area contributed by atoms with Crippen LogP contribution in [0, 0.1) is 24.7 Å². The van der Waals surface area contributed by atoms with Gasteiger partial charge in [-0.25, -0.2) is 9.97 Å². The van der Waals surface area contributed by atoms with E-state index in [1.54, 1.807) is 6.08 Å². The van der Waals surface area contributed by atoms with Crippen LogP contribution in [0.15, 0.2) is 41.0 Å². The van der Waals surface area contributed by atoms with Gasteiger partial charge in [-0.3, -0.25) is 4.98 Å². The maximum Gasteiger partial charge on any atom is 0.196 e. The molecule has 166 valence electrons. The molecule has 2 aliphatic rings. The van der Waals surface area contributed by atoms with Gasteiger partial charge in [0.2, 0.25) is 0 Å². The summed E-state index contributed by atoms with van der Waals surface area (Å²) in [6.07, 6.45) is 8.28. The summed E-state index contributed by atoms with van der Waals surface area (Å²) in [6.45, 7) is 10.6. The van der Waals surface area contributed by atoms with Gasteiger partial charge in [-0.15, -0.1) is 0 Å². The Morgan fingerprint density at radius 3 is 2.78 bits per heavy atom. The van der Waals surface area contributed by atoms with Crippen molar-refractivity contribution in [2.24, 2.45) is 23.5 Å². The maximum atomic E-state index is 6.75. The van der Waals surface area contributed by atoms with Crippen LogP contribution >= 0.6 is 23.4 Å². The first-order valence-corrected chi connectivity index (χ1v) is 12.2. The van der Waals surface area contributed by atoms with Crippen LogP contribution in [-0.4, -0.2) is 39.6 Å². The molecule has 0 radical (unpaired) electrons. The number of aryl methyl sites for hydroxylation is 2. The SMILES string of the molecule is C=C/C=C\c1ncc(Sc2nc(N3C[C@@H]4[C@@H](CN)[C@@H]4C3)c3c(Cl)c(CC)[nH]c3n2)cc1C. The van der Waals surface area contributed by atoms with Crippen molar-refractivity contribution in [3.05, 3.63) is 53.0 Å². The molecule has 8 heteroatoms. The van der Waals surface area contributed by atoms with E-state index in [0.717, 1.165) is 69.8 Å². The smallest absolute Gasteiger partial charge is 0.196 e. The Kier molecular flexibility index (Phi) is 5.73. The van der Waals surface area contributed by atoms with Crippen LogP contribution in [0.5, 0.6) is 0 Å². The minimum atomic E-state index is 0.660. The summed E-state index contributed by atoms with van der Waals surface area (Å²) in [7, 11) is 0. The van der Waals surface area contributed by atoms with E-state index in [2.05, 4.69) is 41.4 Å². The Hall–Kier alpha value is -2.35. The van der Waals surface area contributed by atoms with Crippen molar-refractivity contribution in [3.8, 4) is 0 Å². The third kappa shape index (κ3) is 3.72. The Balaban J connectivity index is 1.50. The third-order valence-corrected chi connectivity index (χ3v) is 7.85. The van der Waals surface area contributed by atoms with Crippen LogP contribution in [0.25, 0.3) is 17.1 Å². The first-order chi connectivity index (χ1) is 15.5. The van der Waals surface area contributed by atoms with Crippen LogP contribution in [0.3, 0.4) is 0 Å². The molecule has 1 saturated carbocycles. The third-order valence-electron chi connectivity index (χ3n) is 6.61. The van der Waals surface area contributed by atoms with Crippen LogP contribution in [0.1, 0.15) is 23.9 Å². The van der Waals surface area contributed by atoms with Gasteiger partial charge < -0.3 is 15.6 Å². The van der Waals surface area contributed by atoms with E-state index in [0.29, 0.717) is 22.9 Å². The highest BCUT2D eigenvalue weighted by Crippen LogP contribution is 2.52. The molecule has 1 aliphatic carbocycles. The zero-order chi connectivity index (χ0) is 22.4. The quantitative estimate of drug-likeness (QED) is 0.382. The van der Waals surface area contributed by atoms with Gasteiger partial charge in [0.25, 0.3) is 0 Å². The number of nitrogens with zero attached hydrogens (tertiary/aromatic N) is 4. The van der Waals surface area contributed by atoms with E-state index in [-0.39, 0.29) is 0 Å². The van der Waals surface area contributed by atoms with E-state index < -0.39 is 0 Å². The summed E-state index contributed by atoms with van der Waals surface area (Å²) in [4.78, 5) is 21.1. The van der Waals surface area contributed by atoms with Crippen LogP contribution in [0.2, 0.25) is 5.02 Å². The lowest BCUT2D eigenvalue weighted by Crippen LogP contribution is -2.27. The fourth-order valence-electron chi connectivity index (χ4n) is 4.81. The molecule has 0 aromatic carbocycles. The van der Waals surface area contributed by atoms with E-state index in [1.165, 1.54) is 11.8 Å². The van der Waals surface area contributed by atoms with Gasteiger partial charge in [0.15, 0.2) is 5.16 Å². The van der Waals surface area contributed by atoms with Crippen molar-refractivity contribution in [1.82, 2.24) is 19.9 Å². The molecule has 0 amide bonds. The topological polar surface area (TPSA) is 83.7 Å². The van der Waals surface area contributed by atoms with Crippen molar-refractivity contribution in [3.63, 3.8) is 0 Å². The highest BCUT2D eigenvalue weighted by molar-refractivity contribution is 7.99. The van der Waals surface area contributed by atoms with E-state index in [9.17, 15) is 0 Å². The number of halogens is 1. The summed E-state index contributed by atoms with van der Waals surface area (Å²) >= 11 is 8.27. The molecule has 0 bridgehead atoms. The summed E-state index contributed by atoms with van der Waals surface area (Å²) in [5.41, 5.74) is 9.74. The van der Waals surface area contributed by atoms with E-state index in [4.69, 9.17) is 27.3 Å². The van der Waals surface area contributed by atoms with Gasteiger partial charge in [-0.1, -0.05) is 37.3 Å². The van der Waals surface area contributed by atoms with Gasteiger partial charge >= 0.3 is 0 Å². The molecule has 32 heavy (non-hydrogen) atoms. The number of pyridine rings is 1. The van der Waals surface area contributed by atoms with E-state index >= 15 is 0 Å². The number of fused-ring (bicyclic) bond motifs is 2. The van der Waals surface area contributed by atoms with Crippen molar-refractivity contribution >= 4 is 46.3 Å². The van der Waals surface area contributed by atoms with Crippen molar-refractivity contribution < 1.29 is 0 Å². The summed E-state index contributed by atoms with van der Waals surface area (Å²) in [5.74, 6) is 2.93. The first kappa shape index (κ1) is 21.5. The number of hydrogen-bond acceptors (Lipinski definition) is 6. The molecule has 6 nitrogen and oxygen atoms in total. The number of nitrogens with one attached hydrogen (secondary N) is 1. The monoisotopic (exact) mass is 466 g/mol. The molecule has 0 unspecified atom stereocenters. The maximum absolute atomic E-state index is 6.75. The standard InChI is InChI=1S/C24H27ClN6S/c1-4-6-7-19-13(3)8-14(10-27-19)32-24-29-22-20(21(25)18(5-2)28-22)23(30-24)31-11-16-15(9-26)17(16)12-31/h4,6-8,10,15-17H,1,5,9,11-12,26H2,2-3H3,(H,28,29,30)/b7-6-/t15-,16-,17+. The molecule has 3 aromatic rings. The number of rotatable bonds is 7. The van der Waals surface area contributed by atoms with Gasteiger partial charge in [0.1, 0.15) is 11.5 Å². The highest BCUT2D eigenvalue weighted by Gasteiger charge is 2.55. The summed E-state index contributed by atoms with van der Waals surface area (Å²) < 4.78 is 0. The van der Waals surface area contributed by atoms with Crippen molar-refractivity contribution in [2.75, 3.05) is 24.5 Å². The van der Waals surface area contributed by atoms with Crippen LogP contribution in [-0.2, 0) is 6.42 Å². The lowest BCUT2D eigenvalue weighted by molar-refractivity contribution is 0.643. The average Bonchev–Trinajstić information content (AvgIpc) is 3.09. The van der Waals surface area contributed by atoms with Gasteiger partial charge in [-0.05, 0) is 67.1 Å². The minimum absolute atomic E-state index is 0.660. The number of H-pyrrole nitrogens is 1. The molecule has 2 fully saturated rings. The number of aromatic amines is 1. The molecule has 1 saturated heterocycles. The lowest BCUT2D eigenvalue weighted by atomic mass is 10.2. The lowest BCUT2D eigenvalue weighted by Gasteiger charge is -2.22. The normalized spacial score (nSPS) is 22.1. The van der Waals surface area contributed by atoms with E-state index in [1.807, 2.05) is 18.3 Å².